The fraction of sp³-hybridized carbons (Fsp3) is 0.778. The van der Waals surface area contributed by atoms with Gasteiger partial charge in [0.2, 0.25) is 5.89 Å². The van der Waals surface area contributed by atoms with Gasteiger partial charge in [-0.3, -0.25) is 0 Å². The Kier molecular flexibility index (Phi) is 5.17. The highest BCUT2D eigenvalue weighted by atomic mass is 16.5. The molecular weight excluding hydrogens is 182 g/mol. The zero-order valence-electron chi connectivity index (χ0n) is 8.75. The fourth-order valence-corrected chi connectivity index (χ4v) is 1.10. The van der Waals surface area contributed by atoms with E-state index in [1.807, 2.05) is 6.92 Å². The van der Waals surface area contributed by atoms with Gasteiger partial charge in [-0.1, -0.05) is 5.16 Å². The third-order valence-corrected chi connectivity index (χ3v) is 1.79. The van der Waals surface area contributed by atoms with Gasteiger partial charge in [0.1, 0.15) is 0 Å². The van der Waals surface area contributed by atoms with E-state index in [2.05, 4.69) is 15.5 Å². The molecule has 1 aromatic heterocycles. The van der Waals surface area contributed by atoms with Gasteiger partial charge in [-0.25, -0.2) is 0 Å². The number of hydrogen-bond acceptors (Lipinski definition) is 5. The molecule has 0 saturated heterocycles. The maximum absolute atomic E-state index is 4.97. The van der Waals surface area contributed by atoms with E-state index < -0.39 is 0 Å². The maximum Gasteiger partial charge on any atom is 0.227 e. The summed E-state index contributed by atoms with van der Waals surface area (Å²) in [6.07, 6.45) is 1.81. The molecule has 0 aliphatic carbocycles. The summed E-state index contributed by atoms with van der Waals surface area (Å²) in [7, 11) is 1.71. The van der Waals surface area contributed by atoms with Crippen molar-refractivity contribution >= 4 is 0 Å². The molecule has 0 aliphatic rings. The minimum atomic E-state index is 0.694. The summed E-state index contributed by atoms with van der Waals surface area (Å²) < 4.78 is 9.90. The Hall–Kier alpha value is -0.940. The van der Waals surface area contributed by atoms with E-state index in [9.17, 15) is 0 Å². The van der Waals surface area contributed by atoms with Crippen molar-refractivity contribution in [1.29, 1.82) is 0 Å². The van der Waals surface area contributed by atoms with E-state index >= 15 is 0 Å². The highest BCUT2D eigenvalue weighted by Crippen LogP contribution is 1.95. The van der Waals surface area contributed by atoms with Gasteiger partial charge in [0.15, 0.2) is 5.82 Å². The Balaban J connectivity index is 1.99. The van der Waals surface area contributed by atoms with E-state index in [-0.39, 0.29) is 0 Å². The third-order valence-electron chi connectivity index (χ3n) is 1.79. The Morgan fingerprint density at radius 1 is 1.43 bits per heavy atom. The second-order valence-corrected chi connectivity index (χ2v) is 3.08. The molecule has 80 valence electrons. The van der Waals surface area contributed by atoms with Gasteiger partial charge < -0.3 is 14.6 Å². The molecule has 0 amide bonds. The summed E-state index contributed by atoms with van der Waals surface area (Å²) in [5, 5.41) is 6.98. The average molecular weight is 199 g/mol. The smallest absolute Gasteiger partial charge is 0.227 e. The molecule has 14 heavy (non-hydrogen) atoms. The van der Waals surface area contributed by atoms with E-state index in [4.69, 9.17) is 9.26 Å². The maximum atomic E-state index is 4.97. The number of nitrogens with one attached hydrogen (secondary N) is 1. The van der Waals surface area contributed by atoms with Crippen LogP contribution in [-0.2, 0) is 11.2 Å². The van der Waals surface area contributed by atoms with Gasteiger partial charge >= 0.3 is 0 Å². The molecule has 1 N–H and O–H groups in total. The van der Waals surface area contributed by atoms with Crippen molar-refractivity contribution in [3.05, 3.63) is 11.7 Å². The van der Waals surface area contributed by atoms with Gasteiger partial charge in [-0.15, -0.1) is 0 Å². The number of rotatable bonds is 7. The Morgan fingerprint density at radius 3 is 2.93 bits per heavy atom. The van der Waals surface area contributed by atoms with Crippen LogP contribution < -0.4 is 5.32 Å². The Labute approximate surface area is 83.8 Å². The summed E-state index contributed by atoms with van der Waals surface area (Å²) in [4.78, 5) is 4.10. The zero-order valence-corrected chi connectivity index (χ0v) is 8.75. The van der Waals surface area contributed by atoms with Crippen LogP contribution in [0.5, 0.6) is 0 Å². The number of aryl methyl sites for hydroxylation is 1. The molecule has 0 fully saturated rings. The first kappa shape index (κ1) is 11.1. The molecule has 5 nitrogen and oxygen atoms in total. The SMILES string of the molecule is COCCCNCCc1nc(C)no1. The van der Waals surface area contributed by atoms with Gasteiger partial charge in [-0.05, 0) is 19.9 Å². The van der Waals surface area contributed by atoms with Crippen molar-refractivity contribution in [2.24, 2.45) is 0 Å². The number of nitrogens with zero attached hydrogens (tertiary/aromatic N) is 2. The van der Waals surface area contributed by atoms with Gasteiger partial charge in [0.05, 0.1) is 0 Å². The molecule has 0 spiro atoms. The van der Waals surface area contributed by atoms with Crippen LogP contribution >= 0.6 is 0 Å². The number of methoxy groups -OCH3 is 1. The molecule has 0 unspecified atom stereocenters. The fourth-order valence-electron chi connectivity index (χ4n) is 1.10. The first-order valence-electron chi connectivity index (χ1n) is 4.82. The van der Waals surface area contributed by atoms with Gasteiger partial charge in [-0.2, -0.15) is 4.98 Å². The van der Waals surface area contributed by atoms with Gasteiger partial charge in [0.25, 0.3) is 0 Å². The largest absolute Gasteiger partial charge is 0.385 e. The second-order valence-electron chi connectivity index (χ2n) is 3.08. The minimum Gasteiger partial charge on any atom is -0.385 e. The highest BCUT2D eigenvalue weighted by molar-refractivity contribution is 4.83. The molecule has 1 heterocycles. The molecule has 0 bridgehead atoms. The normalized spacial score (nSPS) is 10.7. The van der Waals surface area contributed by atoms with Crippen LogP contribution in [0.25, 0.3) is 0 Å². The summed E-state index contributed by atoms with van der Waals surface area (Å²) in [5.74, 6) is 1.39. The van der Waals surface area contributed by atoms with Crippen molar-refractivity contribution in [2.75, 3.05) is 26.8 Å². The summed E-state index contributed by atoms with van der Waals surface area (Å²) in [6.45, 7) is 4.44. The van der Waals surface area contributed by atoms with Crippen molar-refractivity contribution in [3.8, 4) is 0 Å². The van der Waals surface area contributed by atoms with E-state index in [1.54, 1.807) is 7.11 Å². The topological polar surface area (TPSA) is 60.2 Å². The lowest BCUT2D eigenvalue weighted by molar-refractivity contribution is 0.194. The van der Waals surface area contributed by atoms with Crippen LogP contribution in [0.2, 0.25) is 0 Å². The lowest BCUT2D eigenvalue weighted by atomic mass is 10.4. The second kappa shape index (κ2) is 6.50. The summed E-state index contributed by atoms with van der Waals surface area (Å²) in [5.41, 5.74) is 0. The lowest BCUT2D eigenvalue weighted by Gasteiger charge is -2.01. The average Bonchev–Trinajstić information content (AvgIpc) is 2.58. The quantitative estimate of drug-likeness (QED) is 0.650. The molecule has 0 radical (unpaired) electrons. The van der Waals surface area contributed by atoms with Crippen LogP contribution in [0, 0.1) is 6.92 Å². The first-order valence-corrected chi connectivity index (χ1v) is 4.82. The third kappa shape index (κ3) is 4.34. The number of ether oxygens (including phenoxy) is 1. The Morgan fingerprint density at radius 2 is 2.29 bits per heavy atom. The standard InChI is InChI=1S/C9H17N3O2/c1-8-11-9(14-12-8)4-6-10-5-3-7-13-2/h10H,3-7H2,1-2H3. The molecule has 0 atom stereocenters. The molecular formula is C9H17N3O2. The van der Waals surface area contributed by atoms with E-state index in [1.165, 1.54) is 0 Å². The van der Waals surface area contributed by atoms with Crippen LogP contribution in [0.15, 0.2) is 4.52 Å². The summed E-state index contributed by atoms with van der Waals surface area (Å²) in [6, 6.07) is 0. The monoisotopic (exact) mass is 199 g/mol. The summed E-state index contributed by atoms with van der Waals surface area (Å²) >= 11 is 0. The molecule has 1 aromatic rings. The molecule has 0 aromatic carbocycles. The minimum absolute atomic E-state index is 0.694. The zero-order chi connectivity index (χ0) is 10.2. The number of hydrogen-bond donors (Lipinski definition) is 1. The highest BCUT2D eigenvalue weighted by Gasteiger charge is 2.00. The van der Waals surface area contributed by atoms with E-state index in [0.717, 1.165) is 32.5 Å². The van der Waals surface area contributed by atoms with Crippen molar-refractivity contribution in [2.45, 2.75) is 19.8 Å². The lowest BCUT2D eigenvalue weighted by Crippen LogP contribution is -2.19. The predicted octanol–water partition coefficient (Wildman–Crippen LogP) is 0.547. The van der Waals surface area contributed by atoms with Crippen molar-refractivity contribution in [3.63, 3.8) is 0 Å². The molecule has 0 aliphatic heterocycles. The predicted molar refractivity (Wildman–Crippen MR) is 52.1 cm³/mol. The van der Waals surface area contributed by atoms with Crippen LogP contribution in [0.1, 0.15) is 18.1 Å². The van der Waals surface area contributed by atoms with Crippen LogP contribution in [0.3, 0.4) is 0 Å². The molecule has 5 heteroatoms. The Bertz CT molecular complexity index is 250. The van der Waals surface area contributed by atoms with Crippen LogP contribution in [-0.4, -0.2) is 36.9 Å². The number of aromatic nitrogens is 2. The molecule has 0 saturated carbocycles. The molecule has 1 rings (SSSR count). The van der Waals surface area contributed by atoms with Gasteiger partial charge in [0, 0.05) is 26.7 Å². The van der Waals surface area contributed by atoms with E-state index in [0.29, 0.717) is 11.7 Å². The van der Waals surface area contributed by atoms with Crippen LogP contribution in [0.4, 0.5) is 0 Å². The first-order chi connectivity index (χ1) is 6.83. The van der Waals surface area contributed by atoms with Crippen molar-refractivity contribution in [1.82, 2.24) is 15.5 Å². The van der Waals surface area contributed by atoms with Crippen molar-refractivity contribution < 1.29 is 9.26 Å².